The summed E-state index contributed by atoms with van der Waals surface area (Å²) in [4.78, 5) is 17.3. The van der Waals surface area contributed by atoms with Crippen molar-refractivity contribution in [2.24, 2.45) is 11.1 Å². The Balaban J connectivity index is 1.89. The standard InChI is InChI=1S/C21H13ClF5N3O2/c1-20(12(10-31)18(29-32-20)17-13(22)5-4-7-15(17)24)11-9-28-30(19(11)21(25,26)27)16-8-3-2-6-14(16)23/h2-10,12H,1H3. The Bertz CT molecular complexity index is 1220. The molecule has 3 aromatic rings. The zero-order valence-corrected chi connectivity index (χ0v) is 17.0. The molecule has 11 heteroatoms. The van der Waals surface area contributed by atoms with Gasteiger partial charge in [0.1, 0.15) is 35.2 Å². The first kappa shape index (κ1) is 21.9. The van der Waals surface area contributed by atoms with Crippen molar-refractivity contribution < 1.29 is 31.6 Å². The first-order valence-electron chi connectivity index (χ1n) is 9.16. The minimum absolute atomic E-state index is 0.0958. The molecule has 0 aliphatic carbocycles. The zero-order valence-electron chi connectivity index (χ0n) is 16.2. The molecule has 1 aromatic heterocycles. The number of aldehydes is 1. The predicted octanol–water partition coefficient (Wildman–Crippen LogP) is 5.29. The van der Waals surface area contributed by atoms with Crippen LogP contribution in [0.3, 0.4) is 0 Å². The summed E-state index contributed by atoms with van der Waals surface area (Å²) in [6, 6.07) is 8.52. The molecular formula is C21H13ClF5N3O2. The Hall–Kier alpha value is -3.27. The molecule has 0 saturated heterocycles. The second-order valence-corrected chi connectivity index (χ2v) is 7.56. The van der Waals surface area contributed by atoms with Crippen molar-refractivity contribution >= 4 is 23.6 Å². The van der Waals surface area contributed by atoms with Gasteiger partial charge in [-0.05, 0) is 31.2 Å². The van der Waals surface area contributed by atoms with E-state index in [9.17, 15) is 26.7 Å². The van der Waals surface area contributed by atoms with Crippen molar-refractivity contribution in [2.75, 3.05) is 0 Å². The fourth-order valence-electron chi connectivity index (χ4n) is 3.66. The number of rotatable bonds is 4. The second kappa shape index (κ2) is 7.70. The normalized spacial score (nSPS) is 20.7. The molecule has 5 nitrogen and oxygen atoms in total. The van der Waals surface area contributed by atoms with Gasteiger partial charge < -0.3 is 9.63 Å². The summed E-state index contributed by atoms with van der Waals surface area (Å²) >= 11 is 6.05. The molecular weight excluding hydrogens is 457 g/mol. The van der Waals surface area contributed by atoms with E-state index in [0.717, 1.165) is 24.4 Å². The van der Waals surface area contributed by atoms with Crippen LogP contribution in [0.2, 0.25) is 5.02 Å². The third kappa shape index (κ3) is 3.35. The maximum absolute atomic E-state index is 14.4. The lowest BCUT2D eigenvalue weighted by Crippen LogP contribution is -2.37. The van der Waals surface area contributed by atoms with E-state index in [1.807, 2.05) is 0 Å². The van der Waals surface area contributed by atoms with Crippen LogP contribution < -0.4 is 0 Å². The number of para-hydroxylation sites is 1. The summed E-state index contributed by atoms with van der Waals surface area (Å²) in [5.41, 5.74) is -4.92. The van der Waals surface area contributed by atoms with Crippen molar-refractivity contribution in [3.05, 3.63) is 82.1 Å². The Labute approximate surface area is 183 Å². The van der Waals surface area contributed by atoms with Gasteiger partial charge in [-0.3, -0.25) is 0 Å². The Morgan fingerprint density at radius 1 is 1.12 bits per heavy atom. The number of oxime groups is 1. The van der Waals surface area contributed by atoms with Crippen molar-refractivity contribution in [3.8, 4) is 5.69 Å². The molecule has 0 fully saturated rings. The van der Waals surface area contributed by atoms with E-state index in [0.29, 0.717) is 11.0 Å². The number of nitrogens with zero attached hydrogens (tertiary/aromatic N) is 3. The highest BCUT2D eigenvalue weighted by Crippen LogP contribution is 2.46. The quantitative estimate of drug-likeness (QED) is 0.385. The molecule has 0 bridgehead atoms. The van der Waals surface area contributed by atoms with Gasteiger partial charge in [0.05, 0.1) is 16.8 Å². The maximum atomic E-state index is 14.4. The number of hydrogen-bond donors (Lipinski definition) is 0. The van der Waals surface area contributed by atoms with E-state index >= 15 is 0 Å². The molecule has 2 atom stereocenters. The molecule has 0 saturated carbocycles. The SMILES string of the molecule is CC1(c2cnn(-c3ccccc3F)c2C(F)(F)F)ON=C(c2c(F)cccc2Cl)C1C=O. The van der Waals surface area contributed by atoms with Gasteiger partial charge in [-0.15, -0.1) is 0 Å². The largest absolute Gasteiger partial charge is 0.433 e. The van der Waals surface area contributed by atoms with Gasteiger partial charge in [0, 0.05) is 5.56 Å². The van der Waals surface area contributed by atoms with Crippen molar-refractivity contribution in [1.82, 2.24) is 9.78 Å². The molecule has 2 heterocycles. The van der Waals surface area contributed by atoms with E-state index in [1.165, 1.54) is 31.2 Å². The fraction of sp³-hybridized carbons (Fsp3) is 0.190. The van der Waals surface area contributed by atoms with Crippen molar-refractivity contribution in [2.45, 2.75) is 18.7 Å². The van der Waals surface area contributed by atoms with Crippen molar-refractivity contribution in [3.63, 3.8) is 0 Å². The highest BCUT2D eigenvalue weighted by Gasteiger charge is 2.54. The van der Waals surface area contributed by atoms with Crippen LogP contribution in [-0.4, -0.2) is 21.8 Å². The van der Waals surface area contributed by atoms with Gasteiger partial charge in [-0.25, -0.2) is 13.5 Å². The van der Waals surface area contributed by atoms with E-state index < -0.39 is 46.3 Å². The lowest BCUT2D eigenvalue weighted by molar-refractivity contribution is -0.147. The zero-order chi connectivity index (χ0) is 23.3. The maximum Gasteiger partial charge on any atom is 0.433 e. The van der Waals surface area contributed by atoms with Crippen LogP contribution in [0.5, 0.6) is 0 Å². The smallest absolute Gasteiger partial charge is 0.383 e. The van der Waals surface area contributed by atoms with E-state index in [-0.39, 0.29) is 16.3 Å². The monoisotopic (exact) mass is 469 g/mol. The van der Waals surface area contributed by atoms with Crippen LogP contribution in [0.1, 0.15) is 23.7 Å². The summed E-state index contributed by atoms with van der Waals surface area (Å²) in [6.45, 7) is 1.19. The highest BCUT2D eigenvalue weighted by molar-refractivity contribution is 6.35. The number of alkyl halides is 3. The van der Waals surface area contributed by atoms with E-state index in [4.69, 9.17) is 16.4 Å². The molecule has 2 aromatic carbocycles. The molecule has 2 unspecified atom stereocenters. The number of benzene rings is 2. The van der Waals surface area contributed by atoms with Crippen LogP contribution >= 0.6 is 11.6 Å². The minimum atomic E-state index is -5.01. The van der Waals surface area contributed by atoms with E-state index in [1.54, 1.807) is 0 Å². The lowest BCUT2D eigenvalue weighted by atomic mass is 9.79. The van der Waals surface area contributed by atoms with Crippen LogP contribution in [0.15, 0.2) is 53.8 Å². The molecule has 0 radical (unpaired) electrons. The molecule has 32 heavy (non-hydrogen) atoms. The lowest BCUT2D eigenvalue weighted by Gasteiger charge is -2.27. The molecule has 166 valence electrons. The van der Waals surface area contributed by atoms with E-state index in [2.05, 4.69) is 10.3 Å². The summed E-state index contributed by atoms with van der Waals surface area (Å²) < 4.78 is 71.4. The number of aromatic nitrogens is 2. The number of carbonyl (C=O) groups is 1. The first-order chi connectivity index (χ1) is 15.1. The summed E-state index contributed by atoms with van der Waals surface area (Å²) in [7, 11) is 0. The Morgan fingerprint density at radius 2 is 1.81 bits per heavy atom. The first-order valence-corrected chi connectivity index (χ1v) is 9.53. The molecule has 1 aliphatic heterocycles. The third-order valence-corrected chi connectivity index (χ3v) is 5.54. The number of hydrogen-bond acceptors (Lipinski definition) is 4. The summed E-state index contributed by atoms with van der Waals surface area (Å²) in [5, 5.41) is 7.33. The van der Waals surface area contributed by atoms with Crippen LogP contribution in [0, 0.1) is 17.6 Å². The number of carbonyl (C=O) groups excluding carboxylic acids is 1. The van der Waals surface area contributed by atoms with Gasteiger partial charge >= 0.3 is 6.18 Å². The van der Waals surface area contributed by atoms with Crippen molar-refractivity contribution in [1.29, 1.82) is 0 Å². The average molecular weight is 470 g/mol. The Kier molecular flexibility index (Phi) is 5.28. The summed E-state index contributed by atoms with van der Waals surface area (Å²) in [5.74, 6) is -3.22. The fourth-order valence-corrected chi connectivity index (χ4v) is 3.92. The predicted molar refractivity (Wildman–Crippen MR) is 104 cm³/mol. The minimum Gasteiger partial charge on any atom is -0.383 e. The number of halogens is 6. The second-order valence-electron chi connectivity index (χ2n) is 7.15. The topological polar surface area (TPSA) is 56.5 Å². The van der Waals surface area contributed by atoms with Gasteiger partial charge in [-0.2, -0.15) is 18.3 Å². The summed E-state index contributed by atoms with van der Waals surface area (Å²) in [6.07, 6.45) is -3.88. The third-order valence-electron chi connectivity index (χ3n) is 5.23. The van der Waals surface area contributed by atoms with Gasteiger partial charge in [-0.1, -0.05) is 35.0 Å². The molecule has 4 rings (SSSR count). The molecule has 0 N–H and O–H groups in total. The van der Waals surface area contributed by atoms with Gasteiger partial charge in [0.15, 0.2) is 11.3 Å². The average Bonchev–Trinajstić information content (AvgIpc) is 3.31. The Morgan fingerprint density at radius 3 is 2.44 bits per heavy atom. The van der Waals surface area contributed by atoms with Crippen LogP contribution in [0.4, 0.5) is 22.0 Å². The van der Waals surface area contributed by atoms with Crippen LogP contribution in [0.25, 0.3) is 5.69 Å². The molecule has 0 spiro atoms. The molecule has 1 aliphatic rings. The van der Waals surface area contributed by atoms with Gasteiger partial charge in [0.2, 0.25) is 0 Å². The highest BCUT2D eigenvalue weighted by atomic mass is 35.5. The molecule has 0 amide bonds. The van der Waals surface area contributed by atoms with Crippen LogP contribution in [-0.2, 0) is 21.4 Å². The van der Waals surface area contributed by atoms with Gasteiger partial charge in [0.25, 0.3) is 0 Å².